The summed E-state index contributed by atoms with van der Waals surface area (Å²) in [6.45, 7) is 13.5. The van der Waals surface area contributed by atoms with Gasteiger partial charge >= 0.3 is 0 Å². The van der Waals surface area contributed by atoms with Crippen LogP contribution in [-0.2, 0) is 9.59 Å². The van der Waals surface area contributed by atoms with Gasteiger partial charge in [0.1, 0.15) is 0 Å². The van der Waals surface area contributed by atoms with Gasteiger partial charge in [0.05, 0.1) is 0 Å². The number of nitrogens with one attached hydrogen (secondary N) is 1. The fourth-order valence-corrected chi connectivity index (χ4v) is 2.93. The molecule has 0 aliphatic carbocycles. The van der Waals surface area contributed by atoms with Crippen molar-refractivity contribution >= 4 is 11.8 Å². The summed E-state index contributed by atoms with van der Waals surface area (Å²) in [5.41, 5.74) is -0.384. The van der Waals surface area contributed by atoms with E-state index in [2.05, 4.69) is 26.1 Å². The maximum absolute atomic E-state index is 12.5. The number of hydrogen-bond donors (Lipinski definition) is 1. The first-order valence-corrected chi connectivity index (χ1v) is 8.28. The lowest BCUT2D eigenvalue weighted by atomic mass is 9.91. The van der Waals surface area contributed by atoms with Gasteiger partial charge in [-0.05, 0) is 25.2 Å². The molecular formula is C17H32N2O2. The highest BCUT2D eigenvalue weighted by Crippen LogP contribution is 2.22. The first-order chi connectivity index (χ1) is 9.68. The zero-order valence-electron chi connectivity index (χ0n) is 14.5. The Balaban J connectivity index is 2.70. The highest BCUT2D eigenvalue weighted by Gasteiger charge is 2.32. The molecule has 1 N–H and O–H groups in total. The maximum Gasteiger partial charge on any atom is 0.225 e. The number of nitrogens with zero attached hydrogens (tertiary/aromatic N) is 1. The highest BCUT2D eigenvalue weighted by atomic mass is 16.2. The first kappa shape index (κ1) is 18.0. The molecule has 1 aliphatic heterocycles. The van der Waals surface area contributed by atoms with Crippen LogP contribution in [0.25, 0.3) is 0 Å². The predicted molar refractivity (Wildman–Crippen MR) is 85.8 cm³/mol. The minimum atomic E-state index is -0.384. The molecule has 0 aromatic rings. The fraction of sp³-hybridized carbons (Fsp3) is 0.882. The van der Waals surface area contributed by atoms with Gasteiger partial charge in [0, 0.05) is 30.5 Å². The number of carbonyl (C=O) groups excluding carboxylic acids is 2. The van der Waals surface area contributed by atoms with Crippen LogP contribution >= 0.6 is 0 Å². The Bertz CT molecular complexity index is 369. The topological polar surface area (TPSA) is 49.4 Å². The Labute approximate surface area is 129 Å². The van der Waals surface area contributed by atoms with Crippen LogP contribution in [0.1, 0.15) is 60.8 Å². The zero-order chi connectivity index (χ0) is 16.2. The summed E-state index contributed by atoms with van der Waals surface area (Å²) in [5, 5.41) is 3.12. The summed E-state index contributed by atoms with van der Waals surface area (Å²) in [6.07, 6.45) is 2.73. The molecule has 1 heterocycles. The lowest BCUT2D eigenvalue weighted by Gasteiger charge is -2.39. The molecule has 4 heteroatoms. The molecule has 0 saturated carbocycles. The number of likely N-dealkylation sites (tertiary alicyclic amines) is 1. The van der Waals surface area contributed by atoms with Gasteiger partial charge in [-0.3, -0.25) is 9.59 Å². The fourth-order valence-electron chi connectivity index (χ4n) is 2.93. The lowest BCUT2D eigenvalue weighted by Crippen LogP contribution is -2.54. The van der Waals surface area contributed by atoms with E-state index in [1.165, 1.54) is 0 Å². The van der Waals surface area contributed by atoms with Gasteiger partial charge in [-0.15, -0.1) is 0 Å². The van der Waals surface area contributed by atoms with Crippen LogP contribution in [0.3, 0.4) is 0 Å². The predicted octanol–water partition coefficient (Wildman–Crippen LogP) is 2.82. The van der Waals surface area contributed by atoms with Gasteiger partial charge < -0.3 is 10.2 Å². The van der Waals surface area contributed by atoms with Crippen LogP contribution in [-0.4, -0.2) is 35.8 Å². The Morgan fingerprint density at radius 3 is 2.24 bits per heavy atom. The molecule has 0 radical (unpaired) electrons. The van der Waals surface area contributed by atoms with Crippen molar-refractivity contribution in [3.05, 3.63) is 0 Å². The average Bonchev–Trinajstić information content (AvgIpc) is 2.38. The number of piperidine rings is 1. The molecule has 21 heavy (non-hydrogen) atoms. The summed E-state index contributed by atoms with van der Waals surface area (Å²) < 4.78 is 0. The highest BCUT2D eigenvalue weighted by molar-refractivity contribution is 5.82. The third kappa shape index (κ3) is 5.01. The molecule has 2 atom stereocenters. The van der Waals surface area contributed by atoms with E-state index in [-0.39, 0.29) is 29.2 Å². The largest absolute Gasteiger partial charge is 0.351 e. The molecule has 0 aromatic heterocycles. The first-order valence-electron chi connectivity index (χ1n) is 8.28. The molecule has 122 valence electrons. The molecule has 0 spiro atoms. The van der Waals surface area contributed by atoms with E-state index in [1.807, 2.05) is 25.7 Å². The van der Waals surface area contributed by atoms with E-state index in [9.17, 15) is 9.59 Å². The van der Waals surface area contributed by atoms with Crippen LogP contribution in [0, 0.1) is 17.3 Å². The molecule has 1 fully saturated rings. The SMILES string of the molecule is CCC(CC)C(=O)N1CC(C)CC(NC(=O)C(C)(C)C)C1. The molecule has 1 aliphatic rings. The summed E-state index contributed by atoms with van der Waals surface area (Å²) >= 11 is 0. The average molecular weight is 296 g/mol. The Morgan fingerprint density at radius 2 is 1.76 bits per heavy atom. The minimum Gasteiger partial charge on any atom is -0.351 e. The molecule has 2 unspecified atom stereocenters. The third-order valence-electron chi connectivity index (χ3n) is 4.32. The number of amides is 2. The monoisotopic (exact) mass is 296 g/mol. The van der Waals surface area contributed by atoms with E-state index in [4.69, 9.17) is 0 Å². The molecule has 4 nitrogen and oxygen atoms in total. The van der Waals surface area contributed by atoms with Crippen molar-refractivity contribution in [2.75, 3.05) is 13.1 Å². The van der Waals surface area contributed by atoms with E-state index >= 15 is 0 Å². The second kappa shape index (κ2) is 7.28. The van der Waals surface area contributed by atoms with E-state index in [0.717, 1.165) is 25.8 Å². The second-order valence-corrected chi connectivity index (χ2v) is 7.52. The molecular weight excluding hydrogens is 264 g/mol. The van der Waals surface area contributed by atoms with Crippen LogP contribution in [0.4, 0.5) is 0 Å². The number of hydrogen-bond acceptors (Lipinski definition) is 2. The smallest absolute Gasteiger partial charge is 0.225 e. The lowest BCUT2D eigenvalue weighted by molar-refractivity contribution is -0.139. The van der Waals surface area contributed by atoms with Crippen molar-refractivity contribution in [2.45, 2.75) is 66.8 Å². The van der Waals surface area contributed by atoms with Crippen molar-refractivity contribution in [3.8, 4) is 0 Å². The molecule has 2 amide bonds. The van der Waals surface area contributed by atoms with Crippen molar-refractivity contribution < 1.29 is 9.59 Å². The zero-order valence-corrected chi connectivity index (χ0v) is 14.5. The standard InChI is InChI=1S/C17H32N2O2/c1-7-13(8-2)15(20)19-10-12(3)9-14(11-19)18-16(21)17(4,5)6/h12-14H,7-11H2,1-6H3,(H,18,21). The Hall–Kier alpha value is -1.06. The summed E-state index contributed by atoms with van der Waals surface area (Å²) in [7, 11) is 0. The van der Waals surface area contributed by atoms with Gasteiger partial charge in [0.2, 0.25) is 11.8 Å². The Morgan fingerprint density at radius 1 is 1.19 bits per heavy atom. The van der Waals surface area contributed by atoms with Gasteiger partial charge in [-0.1, -0.05) is 41.5 Å². The molecule has 1 rings (SSSR count). The van der Waals surface area contributed by atoms with Crippen LogP contribution < -0.4 is 5.32 Å². The van der Waals surface area contributed by atoms with Gasteiger partial charge in [0.25, 0.3) is 0 Å². The molecule has 0 aromatic carbocycles. The van der Waals surface area contributed by atoms with Gasteiger partial charge in [-0.25, -0.2) is 0 Å². The van der Waals surface area contributed by atoms with E-state index in [0.29, 0.717) is 12.5 Å². The summed E-state index contributed by atoms with van der Waals surface area (Å²) in [4.78, 5) is 26.7. The van der Waals surface area contributed by atoms with Crippen molar-refractivity contribution in [1.82, 2.24) is 10.2 Å². The van der Waals surface area contributed by atoms with Crippen molar-refractivity contribution in [2.24, 2.45) is 17.3 Å². The van der Waals surface area contributed by atoms with E-state index in [1.54, 1.807) is 0 Å². The number of carbonyl (C=O) groups is 2. The second-order valence-electron chi connectivity index (χ2n) is 7.52. The number of rotatable bonds is 4. The maximum atomic E-state index is 12.5. The van der Waals surface area contributed by atoms with Crippen molar-refractivity contribution in [1.29, 1.82) is 0 Å². The quantitative estimate of drug-likeness (QED) is 0.867. The third-order valence-corrected chi connectivity index (χ3v) is 4.32. The summed E-state index contributed by atoms with van der Waals surface area (Å²) in [5.74, 6) is 0.870. The van der Waals surface area contributed by atoms with Crippen LogP contribution in [0.2, 0.25) is 0 Å². The molecule has 1 saturated heterocycles. The Kier molecular flexibility index (Phi) is 6.24. The van der Waals surface area contributed by atoms with Crippen LogP contribution in [0.5, 0.6) is 0 Å². The minimum absolute atomic E-state index is 0.0662. The van der Waals surface area contributed by atoms with Crippen molar-refractivity contribution in [3.63, 3.8) is 0 Å². The van der Waals surface area contributed by atoms with Crippen LogP contribution in [0.15, 0.2) is 0 Å². The van der Waals surface area contributed by atoms with Gasteiger partial charge in [0.15, 0.2) is 0 Å². The van der Waals surface area contributed by atoms with Gasteiger partial charge in [-0.2, -0.15) is 0 Å². The van der Waals surface area contributed by atoms with E-state index < -0.39 is 0 Å². The normalized spacial score (nSPS) is 23.3. The summed E-state index contributed by atoms with van der Waals surface area (Å²) in [6, 6.07) is 0.0822. The molecule has 0 bridgehead atoms.